The van der Waals surface area contributed by atoms with Crippen molar-refractivity contribution in [2.24, 2.45) is 11.8 Å². The van der Waals surface area contributed by atoms with Crippen LogP contribution in [0.25, 0.3) is 0 Å². The zero-order valence-corrected chi connectivity index (χ0v) is 25.8. The number of nitrogens with one attached hydrogen (secondary N) is 2. The smallest absolute Gasteiger partial charge is 0.492 e. The molecule has 2 aromatic rings. The van der Waals surface area contributed by atoms with Crippen LogP contribution in [0.3, 0.4) is 0 Å². The van der Waals surface area contributed by atoms with Crippen LogP contribution in [0.2, 0.25) is 0 Å². The maximum Gasteiger partial charge on any atom is 0.586 e. The van der Waals surface area contributed by atoms with E-state index in [1.165, 1.54) is 18.2 Å². The highest BCUT2D eigenvalue weighted by molar-refractivity contribution is 5.90. The lowest BCUT2D eigenvalue weighted by Gasteiger charge is -2.40. The van der Waals surface area contributed by atoms with Crippen LogP contribution in [0.4, 0.5) is 22.0 Å². The second-order valence-electron chi connectivity index (χ2n) is 13.4. The highest BCUT2D eigenvalue weighted by Crippen LogP contribution is 2.50. The number of carbonyl (C=O) groups is 2. The van der Waals surface area contributed by atoms with E-state index in [1.54, 1.807) is 20.8 Å². The van der Waals surface area contributed by atoms with Crippen molar-refractivity contribution in [3.63, 3.8) is 0 Å². The summed E-state index contributed by atoms with van der Waals surface area (Å²) in [5, 5.41) is 15.7. The van der Waals surface area contributed by atoms with Gasteiger partial charge in [-0.1, -0.05) is 0 Å². The first-order valence-corrected chi connectivity index (χ1v) is 15.3. The zero-order chi connectivity index (χ0) is 33.9. The molecule has 1 aliphatic carbocycles. The number of fused-ring (bicyclic) bond motifs is 3. The summed E-state index contributed by atoms with van der Waals surface area (Å²) in [6, 6.07) is 5.53. The Labute approximate surface area is 266 Å². The van der Waals surface area contributed by atoms with Crippen molar-refractivity contribution in [2.75, 3.05) is 13.2 Å². The lowest BCUT2D eigenvalue weighted by molar-refractivity contribution is -0.286. The summed E-state index contributed by atoms with van der Waals surface area (Å²) < 4.78 is 91.6. The van der Waals surface area contributed by atoms with Gasteiger partial charge in [-0.15, -0.1) is 22.0 Å². The van der Waals surface area contributed by atoms with E-state index in [1.807, 2.05) is 0 Å². The first-order valence-electron chi connectivity index (χ1n) is 15.3. The van der Waals surface area contributed by atoms with Crippen molar-refractivity contribution in [2.45, 2.75) is 88.7 Å². The molecule has 3 N–H and O–H groups in total. The topological polar surface area (TPSA) is 125 Å². The minimum absolute atomic E-state index is 0.0689. The van der Waals surface area contributed by atoms with E-state index in [-0.39, 0.29) is 60.3 Å². The van der Waals surface area contributed by atoms with E-state index in [2.05, 4.69) is 24.8 Å². The third-order valence-electron chi connectivity index (χ3n) is 9.12. The van der Waals surface area contributed by atoms with Gasteiger partial charge in [-0.3, -0.25) is 9.59 Å². The molecule has 3 aliphatic heterocycles. The van der Waals surface area contributed by atoms with Crippen molar-refractivity contribution in [1.29, 1.82) is 0 Å². The molecule has 0 saturated heterocycles. The molecule has 3 heterocycles. The Hall–Kier alpha value is -4.01. The van der Waals surface area contributed by atoms with Crippen molar-refractivity contribution in [1.82, 2.24) is 10.6 Å². The van der Waals surface area contributed by atoms with Gasteiger partial charge in [0, 0.05) is 42.1 Å². The van der Waals surface area contributed by atoms with Gasteiger partial charge in [0.25, 0.3) is 0 Å². The molecule has 10 nitrogen and oxygen atoms in total. The maximum absolute atomic E-state index is 13.9. The first kappa shape index (κ1) is 32.9. The number of amides is 2. The largest absolute Gasteiger partial charge is 0.586 e. The van der Waals surface area contributed by atoms with Gasteiger partial charge in [0.1, 0.15) is 35.4 Å². The molecular weight excluding hydrogens is 635 g/mol. The molecule has 3 atom stereocenters. The molecule has 0 radical (unpaired) electrons. The lowest BCUT2D eigenvalue weighted by Crippen LogP contribution is -2.48. The number of carbonyl (C=O) groups excluding carboxylic acids is 2. The van der Waals surface area contributed by atoms with Gasteiger partial charge in [-0.25, -0.2) is 0 Å². The van der Waals surface area contributed by atoms with Crippen molar-refractivity contribution in [3.05, 3.63) is 41.5 Å². The second-order valence-corrected chi connectivity index (χ2v) is 13.4. The normalized spacial score (nSPS) is 27.5. The van der Waals surface area contributed by atoms with Gasteiger partial charge in [0.15, 0.2) is 11.5 Å². The van der Waals surface area contributed by atoms with E-state index in [4.69, 9.17) is 9.47 Å². The number of aliphatic hydroxyl groups is 1. The fourth-order valence-corrected chi connectivity index (χ4v) is 6.63. The molecule has 2 aromatic carbocycles. The molecule has 47 heavy (non-hydrogen) atoms. The highest BCUT2D eigenvalue weighted by Gasteiger charge is 2.50. The van der Waals surface area contributed by atoms with E-state index >= 15 is 0 Å². The van der Waals surface area contributed by atoms with Crippen LogP contribution in [0, 0.1) is 11.8 Å². The fraction of sp³-hybridized carbons (Fsp3) is 0.562. The highest BCUT2D eigenvalue weighted by atomic mass is 19.4. The first-order chi connectivity index (χ1) is 21.9. The summed E-state index contributed by atoms with van der Waals surface area (Å²) in [6.07, 6.45) is -6.72. The third kappa shape index (κ3) is 6.99. The van der Waals surface area contributed by atoms with Crippen LogP contribution in [-0.2, 0) is 15.0 Å². The van der Waals surface area contributed by atoms with E-state index < -0.39 is 47.5 Å². The minimum Gasteiger partial charge on any atom is -0.492 e. The van der Waals surface area contributed by atoms with Crippen LogP contribution in [0.1, 0.15) is 70.0 Å². The van der Waals surface area contributed by atoms with Gasteiger partial charge in [0.2, 0.25) is 11.8 Å². The summed E-state index contributed by atoms with van der Waals surface area (Å²) in [5.74, 6) is -1.61. The Bertz CT molecular complexity index is 1550. The van der Waals surface area contributed by atoms with Crippen LogP contribution in [0.5, 0.6) is 28.7 Å². The van der Waals surface area contributed by atoms with Gasteiger partial charge in [-0.2, -0.15) is 0 Å². The van der Waals surface area contributed by atoms with Crippen molar-refractivity contribution < 1.29 is 60.3 Å². The number of ether oxygens (including phenoxy) is 5. The Balaban J connectivity index is 1.21. The van der Waals surface area contributed by atoms with Gasteiger partial charge >= 0.3 is 12.7 Å². The Morgan fingerprint density at radius 1 is 1.00 bits per heavy atom. The number of halogens is 5. The molecular formula is C32H35F5N2O8. The SMILES string of the molecule is CC(C)(O)CNC(=O)C1CCC([C@H]2C[C@@H](NC(=O)[C@@]3(C)COc4cc5c(cc43)OC(F)(F)O5)c3ccc(OC(F)(F)F)cc3O2)CC1. The molecule has 256 valence electrons. The van der Waals surface area contributed by atoms with Crippen molar-refractivity contribution >= 4 is 11.8 Å². The van der Waals surface area contributed by atoms with Crippen LogP contribution in [0.15, 0.2) is 30.3 Å². The third-order valence-corrected chi connectivity index (χ3v) is 9.12. The Kier molecular flexibility index (Phi) is 8.12. The molecule has 1 fully saturated rings. The van der Waals surface area contributed by atoms with E-state index in [9.17, 15) is 36.6 Å². The number of benzene rings is 2. The molecule has 0 aromatic heterocycles. The lowest BCUT2D eigenvalue weighted by atomic mass is 9.76. The predicted octanol–water partition coefficient (Wildman–Crippen LogP) is 5.26. The van der Waals surface area contributed by atoms with E-state index in [0.29, 0.717) is 36.8 Å². The van der Waals surface area contributed by atoms with Gasteiger partial charge in [-0.05, 0) is 70.6 Å². The molecule has 1 saturated carbocycles. The summed E-state index contributed by atoms with van der Waals surface area (Å²) in [7, 11) is 0. The molecule has 0 spiro atoms. The number of hydrogen-bond donors (Lipinski definition) is 3. The number of alkyl halides is 5. The van der Waals surface area contributed by atoms with E-state index in [0.717, 1.165) is 12.1 Å². The molecule has 6 rings (SSSR count). The predicted molar refractivity (Wildman–Crippen MR) is 153 cm³/mol. The van der Waals surface area contributed by atoms with Gasteiger partial charge < -0.3 is 39.4 Å². The summed E-state index contributed by atoms with van der Waals surface area (Å²) in [5.41, 5.74) is -1.62. The van der Waals surface area contributed by atoms with Crippen LogP contribution in [-0.4, -0.2) is 54.4 Å². The average molecular weight is 671 g/mol. The van der Waals surface area contributed by atoms with Crippen molar-refractivity contribution in [3.8, 4) is 28.7 Å². The zero-order valence-electron chi connectivity index (χ0n) is 25.8. The fourth-order valence-electron chi connectivity index (χ4n) is 6.63. The minimum atomic E-state index is -4.93. The standard InChI is InChI=1S/C32H35F5N2O8/c1-29(2,42)14-38-27(40)17-6-4-16(5-7-17)22-12-21(19-9-8-18(10-23(19)44-22)45-31(33,34)35)39-28(41)30(3)15-43-24-13-26-25(11-20(24)30)46-32(36,37)47-26/h8-11,13,16-17,21-22,42H,4-7,12,14-15H2,1-3H3,(H,38,40)(H,39,41)/t16?,17?,21-,22-,30+/m1/s1. The van der Waals surface area contributed by atoms with Gasteiger partial charge in [0.05, 0.1) is 11.6 Å². The molecule has 0 unspecified atom stereocenters. The molecule has 2 amide bonds. The second kappa shape index (κ2) is 11.6. The van der Waals surface area contributed by atoms with Crippen LogP contribution < -0.4 is 34.3 Å². The maximum atomic E-state index is 13.9. The number of hydrogen-bond acceptors (Lipinski definition) is 8. The number of rotatable bonds is 7. The molecule has 15 heteroatoms. The van der Waals surface area contributed by atoms with Crippen LogP contribution >= 0.6 is 0 Å². The monoisotopic (exact) mass is 670 g/mol. The summed E-state index contributed by atoms with van der Waals surface area (Å²) >= 11 is 0. The summed E-state index contributed by atoms with van der Waals surface area (Å²) in [4.78, 5) is 26.6. The Morgan fingerprint density at radius 3 is 2.34 bits per heavy atom. The Morgan fingerprint density at radius 2 is 1.68 bits per heavy atom. The summed E-state index contributed by atoms with van der Waals surface area (Å²) in [6.45, 7) is 4.79. The molecule has 4 aliphatic rings. The average Bonchev–Trinajstić information content (AvgIpc) is 3.47. The molecule has 0 bridgehead atoms. The quantitative estimate of drug-likeness (QED) is 0.341.